The molecule has 2 rings (SSSR count). The average Bonchev–Trinajstić information content (AvgIpc) is 2.96. The van der Waals surface area contributed by atoms with Crippen LogP contribution in [0.4, 0.5) is 0 Å². The Bertz CT molecular complexity index is 612. The zero-order valence-electron chi connectivity index (χ0n) is 12.2. The molecule has 6 heteroatoms. The standard InChI is InChI=1S/C16H18ClNO3S/c1-2-14(19)11-3-5-12(6-4-11)21-10-16(20)18-9-13-7-8-15(17)22-13/h3-8,14,19H,2,9-10H2,1H3,(H,18,20). The Balaban J connectivity index is 1.76. The molecule has 1 aromatic heterocycles. The molecule has 0 aliphatic rings. The normalized spacial score (nSPS) is 12.0. The van der Waals surface area contributed by atoms with E-state index in [1.165, 1.54) is 11.3 Å². The van der Waals surface area contributed by atoms with Crippen LogP contribution in [0.1, 0.15) is 29.9 Å². The monoisotopic (exact) mass is 339 g/mol. The van der Waals surface area contributed by atoms with Gasteiger partial charge in [-0.3, -0.25) is 4.79 Å². The molecule has 1 amide bonds. The average molecular weight is 340 g/mol. The van der Waals surface area contributed by atoms with Gasteiger partial charge in [0, 0.05) is 4.88 Å². The number of carbonyl (C=O) groups excluding carboxylic acids is 1. The first kappa shape index (κ1) is 16.8. The quantitative estimate of drug-likeness (QED) is 0.811. The fraction of sp³-hybridized carbons (Fsp3) is 0.312. The topological polar surface area (TPSA) is 58.6 Å². The number of benzene rings is 1. The first-order valence-electron chi connectivity index (χ1n) is 7.00. The molecule has 118 valence electrons. The van der Waals surface area contributed by atoms with E-state index in [0.717, 1.165) is 10.4 Å². The molecular weight excluding hydrogens is 322 g/mol. The summed E-state index contributed by atoms with van der Waals surface area (Å²) in [6.07, 6.45) is 0.199. The SMILES string of the molecule is CCC(O)c1ccc(OCC(=O)NCc2ccc(Cl)s2)cc1. The molecule has 1 unspecified atom stereocenters. The van der Waals surface area contributed by atoms with E-state index in [9.17, 15) is 9.90 Å². The predicted molar refractivity (Wildman–Crippen MR) is 88.4 cm³/mol. The van der Waals surface area contributed by atoms with Crippen LogP contribution in [0.5, 0.6) is 5.75 Å². The van der Waals surface area contributed by atoms with Crippen LogP contribution in [0.25, 0.3) is 0 Å². The van der Waals surface area contributed by atoms with Gasteiger partial charge in [0.25, 0.3) is 5.91 Å². The van der Waals surface area contributed by atoms with Crippen molar-refractivity contribution in [3.63, 3.8) is 0 Å². The van der Waals surface area contributed by atoms with Gasteiger partial charge in [-0.25, -0.2) is 0 Å². The smallest absolute Gasteiger partial charge is 0.258 e. The lowest BCUT2D eigenvalue weighted by Crippen LogP contribution is -2.28. The minimum absolute atomic E-state index is 0.0468. The minimum Gasteiger partial charge on any atom is -0.484 e. The van der Waals surface area contributed by atoms with Gasteiger partial charge in [-0.2, -0.15) is 0 Å². The van der Waals surface area contributed by atoms with Gasteiger partial charge in [0.2, 0.25) is 0 Å². The largest absolute Gasteiger partial charge is 0.484 e. The fourth-order valence-electron chi connectivity index (χ4n) is 1.85. The van der Waals surface area contributed by atoms with Crippen molar-refractivity contribution in [2.75, 3.05) is 6.61 Å². The number of carbonyl (C=O) groups is 1. The van der Waals surface area contributed by atoms with Crippen LogP contribution in [0.15, 0.2) is 36.4 Å². The summed E-state index contributed by atoms with van der Waals surface area (Å²) in [6.45, 7) is 2.32. The summed E-state index contributed by atoms with van der Waals surface area (Å²) in [7, 11) is 0. The molecule has 0 spiro atoms. The van der Waals surface area contributed by atoms with Crippen molar-refractivity contribution in [3.05, 3.63) is 51.2 Å². The number of hydrogen-bond acceptors (Lipinski definition) is 4. The van der Waals surface area contributed by atoms with Crippen molar-refractivity contribution >= 4 is 28.8 Å². The van der Waals surface area contributed by atoms with E-state index >= 15 is 0 Å². The van der Waals surface area contributed by atoms with E-state index in [2.05, 4.69) is 5.32 Å². The molecule has 22 heavy (non-hydrogen) atoms. The molecule has 1 aromatic carbocycles. The first-order chi connectivity index (χ1) is 10.6. The van der Waals surface area contributed by atoms with Gasteiger partial charge in [-0.15, -0.1) is 11.3 Å². The van der Waals surface area contributed by atoms with Gasteiger partial charge < -0.3 is 15.2 Å². The molecule has 0 fully saturated rings. The maximum Gasteiger partial charge on any atom is 0.258 e. The van der Waals surface area contributed by atoms with Gasteiger partial charge in [0.1, 0.15) is 5.75 Å². The summed E-state index contributed by atoms with van der Waals surface area (Å²) < 4.78 is 6.12. The van der Waals surface area contributed by atoms with E-state index in [1.54, 1.807) is 30.3 Å². The maximum atomic E-state index is 11.7. The Morgan fingerprint density at radius 3 is 2.64 bits per heavy atom. The molecule has 0 aliphatic carbocycles. The van der Waals surface area contributed by atoms with Crippen LogP contribution in [0.3, 0.4) is 0 Å². The Morgan fingerprint density at radius 1 is 1.32 bits per heavy atom. The molecule has 1 atom stereocenters. The summed E-state index contributed by atoms with van der Waals surface area (Å²) in [4.78, 5) is 12.7. The molecule has 0 radical (unpaired) electrons. The number of rotatable bonds is 7. The molecular formula is C16H18ClNO3S. The highest BCUT2D eigenvalue weighted by Crippen LogP contribution is 2.21. The van der Waals surface area contributed by atoms with Crippen LogP contribution >= 0.6 is 22.9 Å². The molecule has 0 bridgehead atoms. The second kappa shape index (κ2) is 8.17. The number of nitrogens with one attached hydrogen (secondary N) is 1. The van der Waals surface area contributed by atoms with Crippen LogP contribution < -0.4 is 10.1 Å². The van der Waals surface area contributed by atoms with Crippen molar-refractivity contribution in [1.82, 2.24) is 5.32 Å². The number of halogens is 1. The van der Waals surface area contributed by atoms with Crippen LogP contribution in [0.2, 0.25) is 4.34 Å². The van der Waals surface area contributed by atoms with Crippen molar-refractivity contribution in [1.29, 1.82) is 0 Å². The van der Waals surface area contributed by atoms with E-state index in [1.807, 2.05) is 13.0 Å². The van der Waals surface area contributed by atoms with Gasteiger partial charge in [-0.1, -0.05) is 30.7 Å². The fourth-order valence-corrected chi connectivity index (χ4v) is 2.88. The minimum atomic E-state index is -0.463. The number of aliphatic hydroxyl groups excluding tert-OH is 1. The molecule has 0 saturated heterocycles. The lowest BCUT2D eigenvalue weighted by Gasteiger charge is -2.10. The van der Waals surface area contributed by atoms with Gasteiger partial charge in [0.15, 0.2) is 6.61 Å². The third kappa shape index (κ3) is 5.02. The molecule has 2 aromatic rings. The highest BCUT2D eigenvalue weighted by Gasteiger charge is 2.06. The Kier molecular flexibility index (Phi) is 6.24. The molecule has 0 aliphatic heterocycles. The Hall–Kier alpha value is -1.56. The maximum absolute atomic E-state index is 11.7. The van der Waals surface area contributed by atoms with Crippen molar-refractivity contribution in [2.45, 2.75) is 26.0 Å². The highest BCUT2D eigenvalue weighted by molar-refractivity contribution is 7.16. The van der Waals surface area contributed by atoms with Crippen molar-refractivity contribution < 1.29 is 14.6 Å². The summed E-state index contributed by atoms with van der Waals surface area (Å²) >= 11 is 7.26. The highest BCUT2D eigenvalue weighted by atomic mass is 35.5. The summed E-state index contributed by atoms with van der Waals surface area (Å²) in [6, 6.07) is 10.8. The van der Waals surface area contributed by atoms with Crippen LogP contribution in [-0.2, 0) is 11.3 Å². The first-order valence-corrected chi connectivity index (χ1v) is 8.19. The number of amides is 1. The Labute approximate surface area is 138 Å². The zero-order valence-corrected chi connectivity index (χ0v) is 13.8. The second-order valence-corrected chi connectivity index (χ2v) is 6.56. The Morgan fingerprint density at radius 2 is 2.05 bits per heavy atom. The third-order valence-corrected chi connectivity index (χ3v) is 4.34. The van der Waals surface area contributed by atoms with Crippen molar-refractivity contribution in [3.8, 4) is 5.75 Å². The lowest BCUT2D eigenvalue weighted by atomic mass is 10.1. The second-order valence-electron chi connectivity index (χ2n) is 4.76. The van der Waals surface area contributed by atoms with Gasteiger partial charge in [-0.05, 0) is 36.2 Å². The van der Waals surface area contributed by atoms with E-state index in [4.69, 9.17) is 16.3 Å². The molecule has 1 heterocycles. The molecule has 4 nitrogen and oxygen atoms in total. The van der Waals surface area contributed by atoms with Gasteiger partial charge >= 0.3 is 0 Å². The third-order valence-electron chi connectivity index (χ3n) is 3.11. The zero-order chi connectivity index (χ0) is 15.9. The van der Waals surface area contributed by atoms with E-state index in [-0.39, 0.29) is 12.5 Å². The van der Waals surface area contributed by atoms with Crippen molar-refractivity contribution in [2.24, 2.45) is 0 Å². The number of thiophene rings is 1. The predicted octanol–water partition coefficient (Wildman–Crippen LogP) is 3.54. The van der Waals surface area contributed by atoms with Crippen LogP contribution in [0, 0.1) is 0 Å². The lowest BCUT2D eigenvalue weighted by molar-refractivity contribution is -0.123. The number of hydrogen-bond donors (Lipinski definition) is 2. The number of ether oxygens (including phenoxy) is 1. The van der Waals surface area contributed by atoms with E-state index in [0.29, 0.717) is 23.1 Å². The van der Waals surface area contributed by atoms with Crippen LogP contribution in [-0.4, -0.2) is 17.6 Å². The summed E-state index contributed by atoms with van der Waals surface area (Å²) in [5.74, 6) is 0.406. The molecule has 2 N–H and O–H groups in total. The van der Waals surface area contributed by atoms with Gasteiger partial charge in [0.05, 0.1) is 17.0 Å². The summed E-state index contributed by atoms with van der Waals surface area (Å²) in [5.41, 5.74) is 0.842. The van der Waals surface area contributed by atoms with E-state index < -0.39 is 6.10 Å². The molecule has 0 saturated carbocycles. The number of aliphatic hydroxyl groups is 1. The summed E-state index contributed by atoms with van der Waals surface area (Å²) in [5, 5.41) is 12.5.